The van der Waals surface area contributed by atoms with E-state index in [1.807, 2.05) is 13.8 Å². The molecule has 0 saturated heterocycles. The molecule has 3 nitrogen and oxygen atoms in total. The van der Waals surface area contributed by atoms with Gasteiger partial charge >= 0.3 is 6.18 Å². The number of hydrogen-bond donors (Lipinski definition) is 1. The van der Waals surface area contributed by atoms with Gasteiger partial charge in [-0.2, -0.15) is 13.2 Å². The lowest BCUT2D eigenvalue weighted by atomic mass is 10.1. The van der Waals surface area contributed by atoms with Gasteiger partial charge in [-0.3, -0.25) is 4.90 Å². The van der Waals surface area contributed by atoms with E-state index in [0.29, 0.717) is 0 Å². The number of likely N-dealkylation sites (N-methyl/N-ethyl adjacent to an activating group) is 1. The Labute approximate surface area is 117 Å². The molecule has 1 rings (SSSR count). The summed E-state index contributed by atoms with van der Waals surface area (Å²) in [5, 5.41) is 0. The number of alkyl halides is 3. The smallest absolute Gasteiger partial charge is 0.401 e. The molecule has 114 valence electrons. The second-order valence-corrected chi connectivity index (χ2v) is 5.15. The summed E-state index contributed by atoms with van der Waals surface area (Å²) in [5.41, 5.74) is 6.70. The molecule has 1 atom stereocenters. The van der Waals surface area contributed by atoms with E-state index in [1.165, 1.54) is 11.9 Å². The van der Waals surface area contributed by atoms with Crippen LogP contribution in [0.3, 0.4) is 0 Å². The molecule has 0 heterocycles. The van der Waals surface area contributed by atoms with Gasteiger partial charge in [0, 0.05) is 12.6 Å². The molecule has 0 bridgehead atoms. The van der Waals surface area contributed by atoms with Crippen molar-refractivity contribution in [2.24, 2.45) is 5.73 Å². The van der Waals surface area contributed by atoms with Crippen LogP contribution in [-0.4, -0.2) is 37.3 Å². The Morgan fingerprint density at radius 3 is 2.20 bits per heavy atom. The average Bonchev–Trinajstić information content (AvgIpc) is 2.26. The number of hydrogen-bond acceptors (Lipinski definition) is 3. The number of nitrogens with two attached hydrogens (primary N) is 1. The molecule has 0 saturated carbocycles. The van der Waals surface area contributed by atoms with E-state index in [-0.39, 0.29) is 12.6 Å². The Morgan fingerprint density at radius 2 is 1.75 bits per heavy atom. The quantitative estimate of drug-likeness (QED) is 0.875. The Bertz CT molecular complexity index is 404. The van der Waals surface area contributed by atoms with Crippen LogP contribution < -0.4 is 10.5 Å². The van der Waals surface area contributed by atoms with Crippen LogP contribution in [0.4, 0.5) is 13.2 Å². The Hall–Kier alpha value is -1.27. The maximum absolute atomic E-state index is 12.2. The van der Waals surface area contributed by atoms with Crippen molar-refractivity contribution >= 4 is 0 Å². The molecule has 2 N–H and O–H groups in total. The van der Waals surface area contributed by atoms with E-state index < -0.39 is 18.8 Å². The van der Waals surface area contributed by atoms with Crippen molar-refractivity contribution in [3.63, 3.8) is 0 Å². The van der Waals surface area contributed by atoms with E-state index in [4.69, 9.17) is 10.5 Å². The minimum atomic E-state index is -4.20. The number of halogens is 3. The molecule has 0 aliphatic carbocycles. The Kier molecular flexibility index (Phi) is 5.83. The maximum atomic E-state index is 12.2. The summed E-state index contributed by atoms with van der Waals surface area (Å²) in [6.45, 7) is 3.02. The standard InChI is InChI=1S/C14H21F3N2O/c1-10(2)20-12-6-4-11(5-7-12)13(18)8-19(3)9-14(15,16)17/h4-7,10,13H,8-9,18H2,1-3H3. The normalized spacial score (nSPS) is 13.8. The topological polar surface area (TPSA) is 38.5 Å². The molecule has 0 aliphatic heterocycles. The highest BCUT2D eigenvalue weighted by Crippen LogP contribution is 2.20. The molecule has 1 aromatic carbocycles. The molecule has 0 radical (unpaired) electrons. The number of benzene rings is 1. The van der Waals surface area contributed by atoms with Gasteiger partial charge in [0.2, 0.25) is 0 Å². The summed E-state index contributed by atoms with van der Waals surface area (Å²) >= 11 is 0. The lowest BCUT2D eigenvalue weighted by Crippen LogP contribution is -2.36. The van der Waals surface area contributed by atoms with Crippen molar-refractivity contribution in [2.75, 3.05) is 20.1 Å². The first-order chi connectivity index (χ1) is 9.17. The molecule has 1 unspecified atom stereocenters. The predicted molar refractivity (Wildman–Crippen MR) is 72.7 cm³/mol. The van der Waals surface area contributed by atoms with Crippen molar-refractivity contribution in [2.45, 2.75) is 32.2 Å². The van der Waals surface area contributed by atoms with Crippen LogP contribution in [0.25, 0.3) is 0 Å². The SMILES string of the molecule is CC(C)Oc1ccc(C(N)CN(C)CC(F)(F)F)cc1. The van der Waals surface area contributed by atoms with Gasteiger partial charge < -0.3 is 10.5 Å². The monoisotopic (exact) mass is 290 g/mol. The van der Waals surface area contributed by atoms with Crippen LogP contribution in [0.5, 0.6) is 5.75 Å². The molecule has 20 heavy (non-hydrogen) atoms. The minimum absolute atomic E-state index is 0.0763. The van der Waals surface area contributed by atoms with Crippen LogP contribution in [0.2, 0.25) is 0 Å². The van der Waals surface area contributed by atoms with Crippen LogP contribution >= 0.6 is 0 Å². The third-order valence-electron chi connectivity index (χ3n) is 2.64. The Morgan fingerprint density at radius 1 is 1.20 bits per heavy atom. The lowest BCUT2D eigenvalue weighted by Gasteiger charge is -2.22. The third-order valence-corrected chi connectivity index (χ3v) is 2.64. The number of ether oxygens (including phenoxy) is 1. The van der Waals surface area contributed by atoms with Crippen LogP contribution in [0, 0.1) is 0 Å². The maximum Gasteiger partial charge on any atom is 0.401 e. The molecule has 0 aromatic heterocycles. The molecular formula is C14H21F3N2O. The molecule has 0 amide bonds. The lowest BCUT2D eigenvalue weighted by molar-refractivity contribution is -0.143. The minimum Gasteiger partial charge on any atom is -0.491 e. The first-order valence-electron chi connectivity index (χ1n) is 6.45. The van der Waals surface area contributed by atoms with Gasteiger partial charge in [0.05, 0.1) is 12.6 Å². The van der Waals surface area contributed by atoms with Crippen molar-refractivity contribution in [1.29, 1.82) is 0 Å². The fourth-order valence-corrected chi connectivity index (χ4v) is 1.88. The molecule has 0 spiro atoms. The summed E-state index contributed by atoms with van der Waals surface area (Å²) < 4.78 is 42.2. The predicted octanol–water partition coefficient (Wildman–Crippen LogP) is 2.97. The van der Waals surface area contributed by atoms with Gasteiger partial charge in [-0.25, -0.2) is 0 Å². The van der Waals surface area contributed by atoms with E-state index >= 15 is 0 Å². The molecule has 0 fully saturated rings. The van der Waals surface area contributed by atoms with Gasteiger partial charge in [-0.15, -0.1) is 0 Å². The highest BCUT2D eigenvalue weighted by Gasteiger charge is 2.29. The van der Waals surface area contributed by atoms with Gasteiger partial charge in [-0.1, -0.05) is 12.1 Å². The average molecular weight is 290 g/mol. The highest BCUT2D eigenvalue weighted by atomic mass is 19.4. The van der Waals surface area contributed by atoms with E-state index in [2.05, 4.69) is 0 Å². The third kappa shape index (κ3) is 6.25. The van der Waals surface area contributed by atoms with Crippen molar-refractivity contribution < 1.29 is 17.9 Å². The fraction of sp³-hybridized carbons (Fsp3) is 0.571. The van der Waals surface area contributed by atoms with Gasteiger partial charge in [0.1, 0.15) is 5.75 Å². The van der Waals surface area contributed by atoms with E-state index in [9.17, 15) is 13.2 Å². The zero-order valence-corrected chi connectivity index (χ0v) is 11.9. The van der Waals surface area contributed by atoms with E-state index in [0.717, 1.165) is 11.3 Å². The first kappa shape index (κ1) is 16.8. The summed E-state index contributed by atoms with van der Waals surface area (Å²) in [7, 11) is 1.41. The van der Waals surface area contributed by atoms with Gasteiger partial charge in [0.25, 0.3) is 0 Å². The number of nitrogens with zero attached hydrogens (tertiary/aromatic N) is 1. The summed E-state index contributed by atoms with van der Waals surface area (Å²) in [6, 6.07) is 6.65. The second kappa shape index (κ2) is 6.95. The zero-order valence-electron chi connectivity index (χ0n) is 11.9. The van der Waals surface area contributed by atoms with Crippen LogP contribution in [-0.2, 0) is 0 Å². The summed E-state index contributed by atoms with van der Waals surface area (Å²) in [4.78, 5) is 1.17. The second-order valence-electron chi connectivity index (χ2n) is 5.15. The molecule has 0 aliphatic rings. The first-order valence-corrected chi connectivity index (χ1v) is 6.45. The molecule has 6 heteroatoms. The number of rotatable bonds is 6. The van der Waals surface area contributed by atoms with Gasteiger partial charge in [-0.05, 0) is 38.6 Å². The van der Waals surface area contributed by atoms with Gasteiger partial charge in [0.15, 0.2) is 0 Å². The summed E-state index contributed by atoms with van der Waals surface area (Å²) in [5.74, 6) is 0.722. The van der Waals surface area contributed by atoms with Crippen molar-refractivity contribution in [3.05, 3.63) is 29.8 Å². The highest BCUT2D eigenvalue weighted by molar-refractivity contribution is 5.29. The van der Waals surface area contributed by atoms with Crippen LogP contribution in [0.1, 0.15) is 25.5 Å². The molecule has 1 aromatic rings. The summed E-state index contributed by atoms with van der Waals surface area (Å²) in [6.07, 6.45) is -4.13. The molecular weight excluding hydrogens is 269 g/mol. The Balaban J connectivity index is 2.57. The van der Waals surface area contributed by atoms with E-state index in [1.54, 1.807) is 24.3 Å². The fourth-order valence-electron chi connectivity index (χ4n) is 1.88. The van der Waals surface area contributed by atoms with Crippen molar-refractivity contribution in [1.82, 2.24) is 4.90 Å². The largest absolute Gasteiger partial charge is 0.491 e. The van der Waals surface area contributed by atoms with Crippen LogP contribution in [0.15, 0.2) is 24.3 Å². The zero-order chi connectivity index (χ0) is 15.3. The van der Waals surface area contributed by atoms with Crippen molar-refractivity contribution in [3.8, 4) is 5.75 Å².